The third-order valence-electron chi connectivity index (χ3n) is 3.06. The number of hydrogen-bond acceptors (Lipinski definition) is 5. The number of nitrogens with two attached hydrogens (primary N) is 1. The molecule has 20 heavy (non-hydrogen) atoms. The Labute approximate surface area is 117 Å². The first-order chi connectivity index (χ1) is 9.63. The van der Waals surface area contributed by atoms with Crippen molar-refractivity contribution in [1.82, 2.24) is 10.3 Å². The summed E-state index contributed by atoms with van der Waals surface area (Å²) in [6.07, 6.45) is 1.54. The van der Waals surface area contributed by atoms with Gasteiger partial charge in [-0.25, -0.2) is 9.78 Å². The van der Waals surface area contributed by atoms with Crippen molar-refractivity contribution in [2.45, 2.75) is 13.0 Å². The number of rotatable bonds is 4. The summed E-state index contributed by atoms with van der Waals surface area (Å²) in [4.78, 5) is 21.7. The maximum Gasteiger partial charge on any atom is 0.339 e. The highest BCUT2D eigenvalue weighted by molar-refractivity contribution is 5.89. The number of aromatic nitrogens is 1. The van der Waals surface area contributed by atoms with Crippen molar-refractivity contribution in [3.8, 4) is 0 Å². The van der Waals surface area contributed by atoms with Gasteiger partial charge in [-0.1, -0.05) is 0 Å². The highest BCUT2D eigenvalue weighted by atomic mass is 16.5. The van der Waals surface area contributed by atoms with Crippen molar-refractivity contribution in [2.24, 2.45) is 10.7 Å². The van der Waals surface area contributed by atoms with Gasteiger partial charge in [0.1, 0.15) is 5.82 Å². The average molecular weight is 277 g/mol. The predicted octanol–water partition coefficient (Wildman–Crippen LogP) is -0.0190. The van der Waals surface area contributed by atoms with Crippen LogP contribution in [0, 0.1) is 0 Å². The highest BCUT2D eigenvalue weighted by Gasteiger charge is 2.28. The predicted molar refractivity (Wildman–Crippen MR) is 76.9 cm³/mol. The van der Waals surface area contributed by atoms with Gasteiger partial charge in [0.25, 0.3) is 0 Å². The summed E-state index contributed by atoms with van der Waals surface area (Å²) in [5.74, 6) is 0.935. The third kappa shape index (κ3) is 3.17. The molecule has 1 fully saturated rings. The topological polar surface area (TPSA) is 92.8 Å². The van der Waals surface area contributed by atoms with Gasteiger partial charge in [0.05, 0.1) is 18.2 Å². The molecule has 3 N–H and O–H groups in total. The molecule has 2 heterocycles. The Hall–Kier alpha value is -2.31. The van der Waals surface area contributed by atoms with E-state index in [9.17, 15) is 4.79 Å². The summed E-state index contributed by atoms with van der Waals surface area (Å²) in [5.41, 5.74) is 6.07. The molecule has 1 saturated heterocycles. The van der Waals surface area contributed by atoms with Crippen LogP contribution in [0.5, 0.6) is 0 Å². The van der Waals surface area contributed by atoms with Crippen LogP contribution in [0.25, 0.3) is 0 Å². The summed E-state index contributed by atoms with van der Waals surface area (Å²) in [5, 5.41) is 3.10. The lowest BCUT2D eigenvalue weighted by atomic mass is 10.1. The van der Waals surface area contributed by atoms with Crippen LogP contribution in [0.2, 0.25) is 0 Å². The quantitative estimate of drug-likeness (QED) is 0.456. The lowest BCUT2D eigenvalue weighted by molar-refractivity contribution is 0.0526. The number of pyridine rings is 1. The normalized spacial score (nSPS) is 15.7. The summed E-state index contributed by atoms with van der Waals surface area (Å²) in [6, 6.07) is 3.83. The molecule has 0 aliphatic carbocycles. The SMILES string of the molecule is CCOC(=O)c1ccc(N2CC(NC(N)=NC)C2)nc1. The van der Waals surface area contributed by atoms with Crippen LogP contribution >= 0.6 is 0 Å². The molecule has 0 atom stereocenters. The zero-order chi connectivity index (χ0) is 14.5. The maximum absolute atomic E-state index is 11.5. The first-order valence-electron chi connectivity index (χ1n) is 6.51. The van der Waals surface area contributed by atoms with Crippen LogP contribution < -0.4 is 16.0 Å². The van der Waals surface area contributed by atoms with Crippen LogP contribution in [0.4, 0.5) is 5.82 Å². The number of ether oxygens (including phenoxy) is 1. The Morgan fingerprint density at radius 2 is 2.35 bits per heavy atom. The van der Waals surface area contributed by atoms with E-state index in [1.165, 1.54) is 6.20 Å². The van der Waals surface area contributed by atoms with Crippen molar-refractivity contribution in [3.63, 3.8) is 0 Å². The Bertz CT molecular complexity index is 494. The van der Waals surface area contributed by atoms with Crippen molar-refractivity contribution in [3.05, 3.63) is 23.9 Å². The van der Waals surface area contributed by atoms with E-state index < -0.39 is 0 Å². The molecule has 0 radical (unpaired) electrons. The fourth-order valence-electron chi connectivity index (χ4n) is 1.94. The Balaban J connectivity index is 1.88. The number of esters is 1. The van der Waals surface area contributed by atoms with E-state index in [0.717, 1.165) is 18.9 Å². The van der Waals surface area contributed by atoms with Gasteiger partial charge in [-0.2, -0.15) is 0 Å². The number of anilines is 1. The molecule has 7 heteroatoms. The molecule has 0 saturated carbocycles. The average Bonchev–Trinajstić information content (AvgIpc) is 2.42. The molecule has 108 valence electrons. The van der Waals surface area contributed by atoms with E-state index in [0.29, 0.717) is 18.1 Å². The molecule has 1 aliphatic rings. The van der Waals surface area contributed by atoms with Gasteiger partial charge in [0.2, 0.25) is 0 Å². The molecule has 1 aliphatic heterocycles. The highest BCUT2D eigenvalue weighted by Crippen LogP contribution is 2.18. The number of hydrogen-bond donors (Lipinski definition) is 2. The van der Waals surface area contributed by atoms with Gasteiger partial charge >= 0.3 is 5.97 Å². The lowest BCUT2D eigenvalue weighted by Gasteiger charge is -2.40. The van der Waals surface area contributed by atoms with Gasteiger partial charge in [-0.05, 0) is 19.1 Å². The zero-order valence-corrected chi connectivity index (χ0v) is 11.7. The molecule has 2 rings (SSSR count). The molecular weight excluding hydrogens is 258 g/mol. The van der Waals surface area contributed by atoms with Crippen molar-refractivity contribution < 1.29 is 9.53 Å². The third-order valence-corrected chi connectivity index (χ3v) is 3.06. The molecular formula is C13H19N5O2. The molecule has 0 bridgehead atoms. The molecule has 0 unspecified atom stereocenters. The molecule has 0 spiro atoms. The summed E-state index contributed by atoms with van der Waals surface area (Å²) >= 11 is 0. The monoisotopic (exact) mass is 277 g/mol. The second kappa shape index (κ2) is 6.23. The van der Waals surface area contributed by atoms with Gasteiger partial charge in [0, 0.05) is 26.3 Å². The number of guanidine groups is 1. The van der Waals surface area contributed by atoms with Crippen molar-refractivity contribution in [1.29, 1.82) is 0 Å². The van der Waals surface area contributed by atoms with E-state index in [4.69, 9.17) is 10.5 Å². The van der Waals surface area contributed by atoms with E-state index in [1.807, 2.05) is 6.07 Å². The lowest BCUT2D eigenvalue weighted by Crippen LogP contribution is -2.60. The minimum absolute atomic E-state index is 0.283. The Kier molecular flexibility index (Phi) is 4.39. The first kappa shape index (κ1) is 14.1. The second-order valence-corrected chi connectivity index (χ2v) is 4.48. The maximum atomic E-state index is 11.5. The number of aliphatic imine (C=N–C) groups is 1. The van der Waals surface area contributed by atoms with E-state index in [1.54, 1.807) is 20.0 Å². The summed E-state index contributed by atoms with van der Waals surface area (Å²) < 4.78 is 4.91. The first-order valence-corrected chi connectivity index (χ1v) is 6.51. The fourth-order valence-corrected chi connectivity index (χ4v) is 1.94. The standard InChI is InChI=1S/C13H19N5O2/c1-3-20-12(19)9-4-5-11(16-6-9)18-7-10(8-18)17-13(14)15-2/h4-6,10H,3,7-8H2,1-2H3,(H3,14,15,17). The minimum atomic E-state index is -0.346. The smallest absolute Gasteiger partial charge is 0.339 e. The molecule has 1 aromatic heterocycles. The van der Waals surface area contributed by atoms with Crippen LogP contribution in [0.1, 0.15) is 17.3 Å². The van der Waals surface area contributed by atoms with Crippen molar-refractivity contribution in [2.75, 3.05) is 31.6 Å². The fraction of sp³-hybridized carbons (Fsp3) is 0.462. The van der Waals surface area contributed by atoms with Crippen LogP contribution in [-0.4, -0.2) is 49.7 Å². The van der Waals surface area contributed by atoms with Crippen LogP contribution in [0.15, 0.2) is 23.3 Å². The minimum Gasteiger partial charge on any atom is -0.462 e. The summed E-state index contributed by atoms with van der Waals surface area (Å²) in [6.45, 7) is 3.75. The number of carbonyl (C=O) groups is 1. The van der Waals surface area contributed by atoms with E-state index >= 15 is 0 Å². The van der Waals surface area contributed by atoms with E-state index in [-0.39, 0.29) is 12.0 Å². The Morgan fingerprint density at radius 1 is 1.60 bits per heavy atom. The van der Waals surface area contributed by atoms with Gasteiger partial charge in [-0.3, -0.25) is 4.99 Å². The van der Waals surface area contributed by atoms with E-state index in [2.05, 4.69) is 20.2 Å². The summed E-state index contributed by atoms with van der Waals surface area (Å²) in [7, 11) is 1.65. The van der Waals surface area contributed by atoms with Crippen molar-refractivity contribution >= 4 is 17.7 Å². The number of nitrogens with one attached hydrogen (secondary N) is 1. The molecule has 7 nitrogen and oxygen atoms in total. The number of nitrogens with zero attached hydrogens (tertiary/aromatic N) is 3. The van der Waals surface area contributed by atoms with Crippen LogP contribution in [-0.2, 0) is 4.74 Å². The molecule has 0 aromatic carbocycles. The number of carbonyl (C=O) groups excluding carboxylic acids is 1. The van der Waals surface area contributed by atoms with Gasteiger partial charge in [0.15, 0.2) is 5.96 Å². The largest absolute Gasteiger partial charge is 0.462 e. The van der Waals surface area contributed by atoms with Gasteiger partial charge < -0.3 is 20.7 Å². The zero-order valence-electron chi connectivity index (χ0n) is 11.7. The molecule has 0 amide bonds. The second-order valence-electron chi connectivity index (χ2n) is 4.48. The van der Waals surface area contributed by atoms with Crippen LogP contribution in [0.3, 0.4) is 0 Å². The molecule has 1 aromatic rings. The van der Waals surface area contributed by atoms with Gasteiger partial charge in [-0.15, -0.1) is 0 Å². The Morgan fingerprint density at radius 3 is 2.90 bits per heavy atom.